The van der Waals surface area contributed by atoms with E-state index in [9.17, 15) is 13.2 Å². The molecule has 0 bridgehead atoms. The molecule has 2 rings (SSSR count). The van der Waals surface area contributed by atoms with Gasteiger partial charge in [-0.1, -0.05) is 12.1 Å². The summed E-state index contributed by atoms with van der Waals surface area (Å²) in [6.45, 7) is 4.17. The minimum atomic E-state index is -4.13. The zero-order valence-electron chi connectivity index (χ0n) is 16.2. The number of halogens is 3. The highest BCUT2D eigenvalue weighted by Crippen LogP contribution is 2.23. The van der Waals surface area contributed by atoms with E-state index >= 15 is 0 Å². The lowest BCUT2D eigenvalue weighted by molar-refractivity contribution is -0.143. The summed E-state index contributed by atoms with van der Waals surface area (Å²) in [6, 6.07) is 8.42. The van der Waals surface area contributed by atoms with E-state index in [0.717, 1.165) is 25.5 Å². The molecule has 0 spiro atoms. The highest BCUT2D eigenvalue weighted by Gasteiger charge is 2.34. The van der Waals surface area contributed by atoms with Crippen LogP contribution < -0.4 is 5.32 Å². The van der Waals surface area contributed by atoms with Gasteiger partial charge in [-0.05, 0) is 49.8 Å². The van der Waals surface area contributed by atoms with E-state index in [2.05, 4.69) is 45.7 Å². The van der Waals surface area contributed by atoms with Crippen molar-refractivity contribution < 1.29 is 13.2 Å². The van der Waals surface area contributed by atoms with Crippen molar-refractivity contribution in [3.63, 3.8) is 0 Å². The number of guanidine groups is 1. The first-order valence-electron chi connectivity index (χ1n) is 9.22. The molecule has 1 N–H and O–H groups in total. The zero-order chi connectivity index (χ0) is 19.9. The third-order valence-electron chi connectivity index (χ3n) is 4.55. The number of thioether (sulfide) groups is 1. The number of aliphatic imine (C=N–C) groups is 1. The molecule has 0 radical (unpaired) electrons. The Hall–Kier alpha value is -1.41. The maximum absolute atomic E-state index is 12.5. The molecule has 1 heterocycles. The van der Waals surface area contributed by atoms with Crippen LogP contribution in [-0.4, -0.2) is 68.0 Å². The van der Waals surface area contributed by atoms with Gasteiger partial charge in [-0.3, -0.25) is 9.89 Å². The van der Waals surface area contributed by atoms with Crippen LogP contribution >= 0.6 is 11.8 Å². The Bertz CT molecular complexity index is 604. The Morgan fingerprint density at radius 3 is 2.63 bits per heavy atom. The van der Waals surface area contributed by atoms with Crippen molar-refractivity contribution >= 4 is 17.7 Å². The van der Waals surface area contributed by atoms with Crippen LogP contribution in [0.2, 0.25) is 0 Å². The average molecular weight is 403 g/mol. The second kappa shape index (κ2) is 10.2. The molecule has 27 heavy (non-hydrogen) atoms. The molecular weight excluding hydrogens is 373 g/mol. The second-order valence-electron chi connectivity index (χ2n) is 6.90. The fourth-order valence-electron chi connectivity index (χ4n) is 3.22. The van der Waals surface area contributed by atoms with Gasteiger partial charge in [-0.25, -0.2) is 0 Å². The first-order valence-corrected chi connectivity index (χ1v) is 10.4. The standard InChI is InChI=1S/C19H29F3N4S/c1-4-23-18(25(2)12-15-5-7-17(27-3)8-6-15)24-11-16-9-10-26(13-16)14-19(20,21)22/h5-8,16H,4,9-14H2,1-3H3,(H,23,24). The molecule has 1 aromatic carbocycles. The van der Waals surface area contributed by atoms with Crippen molar-refractivity contribution in [1.29, 1.82) is 0 Å². The van der Waals surface area contributed by atoms with Crippen LogP contribution in [0.4, 0.5) is 13.2 Å². The smallest absolute Gasteiger partial charge is 0.357 e. The molecule has 1 aromatic rings. The Morgan fingerprint density at radius 2 is 2.04 bits per heavy atom. The van der Waals surface area contributed by atoms with Gasteiger partial charge < -0.3 is 10.2 Å². The number of rotatable bonds is 7. The fourth-order valence-corrected chi connectivity index (χ4v) is 3.63. The first-order chi connectivity index (χ1) is 12.8. The third-order valence-corrected chi connectivity index (χ3v) is 5.29. The topological polar surface area (TPSA) is 30.9 Å². The van der Waals surface area contributed by atoms with Crippen molar-refractivity contribution in [3.8, 4) is 0 Å². The summed E-state index contributed by atoms with van der Waals surface area (Å²) in [5.41, 5.74) is 1.19. The molecule has 0 amide bonds. The van der Waals surface area contributed by atoms with Crippen molar-refractivity contribution in [3.05, 3.63) is 29.8 Å². The maximum Gasteiger partial charge on any atom is 0.401 e. The van der Waals surface area contributed by atoms with Gasteiger partial charge in [0, 0.05) is 38.1 Å². The summed E-state index contributed by atoms with van der Waals surface area (Å²) < 4.78 is 37.6. The number of nitrogens with one attached hydrogen (secondary N) is 1. The molecule has 1 aliphatic rings. The van der Waals surface area contributed by atoms with Gasteiger partial charge in [0.25, 0.3) is 0 Å². The van der Waals surface area contributed by atoms with Crippen LogP contribution in [0, 0.1) is 5.92 Å². The van der Waals surface area contributed by atoms with E-state index < -0.39 is 12.7 Å². The van der Waals surface area contributed by atoms with E-state index in [1.165, 1.54) is 15.4 Å². The lowest BCUT2D eigenvalue weighted by atomic mass is 10.1. The minimum absolute atomic E-state index is 0.176. The maximum atomic E-state index is 12.5. The number of hydrogen-bond acceptors (Lipinski definition) is 3. The quantitative estimate of drug-likeness (QED) is 0.428. The summed E-state index contributed by atoms with van der Waals surface area (Å²) in [5, 5.41) is 3.28. The largest absolute Gasteiger partial charge is 0.401 e. The monoisotopic (exact) mass is 402 g/mol. The first kappa shape index (κ1) is 21.9. The van der Waals surface area contributed by atoms with E-state index in [1.807, 2.05) is 14.0 Å². The van der Waals surface area contributed by atoms with Gasteiger partial charge in [0.1, 0.15) is 0 Å². The molecule has 1 unspecified atom stereocenters. The highest BCUT2D eigenvalue weighted by molar-refractivity contribution is 7.98. The van der Waals surface area contributed by atoms with Crippen molar-refractivity contribution in [2.75, 3.05) is 46.0 Å². The molecular formula is C19H29F3N4S. The second-order valence-corrected chi connectivity index (χ2v) is 7.78. The van der Waals surface area contributed by atoms with E-state index in [0.29, 0.717) is 19.6 Å². The SMILES string of the molecule is CCNC(=NCC1CCN(CC(F)(F)F)C1)N(C)Cc1ccc(SC)cc1. The van der Waals surface area contributed by atoms with Crippen LogP contribution in [0.1, 0.15) is 18.9 Å². The van der Waals surface area contributed by atoms with Gasteiger partial charge >= 0.3 is 6.18 Å². The number of nitrogens with zero attached hydrogens (tertiary/aromatic N) is 3. The molecule has 0 saturated carbocycles. The van der Waals surface area contributed by atoms with Crippen LogP contribution in [0.15, 0.2) is 34.2 Å². The Balaban J connectivity index is 1.91. The van der Waals surface area contributed by atoms with Crippen LogP contribution in [0.25, 0.3) is 0 Å². The molecule has 0 aromatic heterocycles. The number of likely N-dealkylation sites (tertiary alicyclic amines) is 1. The Morgan fingerprint density at radius 1 is 1.33 bits per heavy atom. The van der Waals surface area contributed by atoms with Crippen molar-refractivity contribution in [2.45, 2.75) is 31.0 Å². The predicted octanol–water partition coefficient (Wildman–Crippen LogP) is 3.69. The zero-order valence-corrected chi connectivity index (χ0v) is 17.0. The molecule has 1 aliphatic heterocycles. The van der Waals surface area contributed by atoms with Crippen LogP contribution in [-0.2, 0) is 6.54 Å². The van der Waals surface area contributed by atoms with Gasteiger partial charge in [-0.2, -0.15) is 13.2 Å². The summed E-state index contributed by atoms with van der Waals surface area (Å²) in [4.78, 5) is 9.44. The summed E-state index contributed by atoms with van der Waals surface area (Å²) in [5.74, 6) is 0.969. The van der Waals surface area contributed by atoms with Gasteiger partial charge in [-0.15, -0.1) is 11.8 Å². The molecule has 4 nitrogen and oxygen atoms in total. The summed E-state index contributed by atoms with van der Waals surface area (Å²) >= 11 is 1.71. The number of hydrogen-bond donors (Lipinski definition) is 1. The highest BCUT2D eigenvalue weighted by atomic mass is 32.2. The lowest BCUT2D eigenvalue weighted by Crippen LogP contribution is -2.39. The van der Waals surface area contributed by atoms with Gasteiger partial charge in [0.2, 0.25) is 0 Å². The summed E-state index contributed by atoms with van der Waals surface area (Å²) in [6.07, 6.45) is -1.31. The van der Waals surface area contributed by atoms with Crippen LogP contribution in [0.3, 0.4) is 0 Å². The van der Waals surface area contributed by atoms with Crippen LogP contribution in [0.5, 0.6) is 0 Å². The minimum Gasteiger partial charge on any atom is -0.357 e. The van der Waals surface area contributed by atoms with Gasteiger partial charge in [0.15, 0.2) is 5.96 Å². The third kappa shape index (κ3) is 7.62. The van der Waals surface area contributed by atoms with E-state index in [1.54, 1.807) is 11.8 Å². The number of alkyl halides is 3. The molecule has 8 heteroatoms. The van der Waals surface area contributed by atoms with Crippen molar-refractivity contribution in [2.24, 2.45) is 10.9 Å². The molecule has 1 fully saturated rings. The molecule has 1 saturated heterocycles. The number of benzene rings is 1. The van der Waals surface area contributed by atoms with E-state index in [4.69, 9.17) is 0 Å². The average Bonchev–Trinajstić information content (AvgIpc) is 3.04. The Kier molecular flexibility index (Phi) is 8.28. The predicted molar refractivity (Wildman–Crippen MR) is 106 cm³/mol. The van der Waals surface area contributed by atoms with Gasteiger partial charge in [0.05, 0.1) is 6.54 Å². The Labute approximate surface area is 164 Å². The fraction of sp³-hybridized carbons (Fsp3) is 0.632. The lowest BCUT2D eigenvalue weighted by Gasteiger charge is -2.23. The molecule has 0 aliphatic carbocycles. The van der Waals surface area contributed by atoms with E-state index in [-0.39, 0.29) is 5.92 Å². The molecule has 1 atom stereocenters. The molecule has 152 valence electrons. The summed E-state index contributed by atoms with van der Waals surface area (Å²) in [7, 11) is 1.98. The normalized spacial score (nSPS) is 18.7. The van der Waals surface area contributed by atoms with Crippen molar-refractivity contribution in [1.82, 2.24) is 15.1 Å².